The zero-order valence-corrected chi connectivity index (χ0v) is 18.3. The fourth-order valence-electron chi connectivity index (χ4n) is 4.55. The molecule has 0 aliphatic carbocycles. The first-order valence-corrected chi connectivity index (χ1v) is 10.9. The molecular weight excluding hydrogens is 366 g/mol. The maximum absolute atomic E-state index is 12.9. The van der Waals surface area contributed by atoms with Crippen LogP contribution in [0.5, 0.6) is 5.75 Å². The van der Waals surface area contributed by atoms with E-state index in [9.17, 15) is 9.59 Å². The van der Waals surface area contributed by atoms with Gasteiger partial charge in [-0.3, -0.25) is 14.5 Å². The monoisotopic (exact) mass is 401 g/mol. The number of piperidine rings is 1. The van der Waals surface area contributed by atoms with Crippen molar-refractivity contribution in [3.63, 3.8) is 0 Å². The van der Waals surface area contributed by atoms with Gasteiger partial charge in [0.05, 0.1) is 13.2 Å². The summed E-state index contributed by atoms with van der Waals surface area (Å²) < 4.78 is 5.56. The van der Waals surface area contributed by atoms with E-state index in [2.05, 4.69) is 18.7 Å². The lowest BCUT2D eigenvalue weighted by Crippen LogP contribution is -2.53. The number of hydrogen-bond donors (Lipinski definition) is 0. The Kier molecular flexibility index (Phi) is 7.17. The van der Waals surface area contributed by atoms with E-state index in [1.807, 2.05) is 41.8 Å². The minimum Gasteiger partial charge on any atom is -0.494 e. The minimum atomic E-state index is 0.0563. The third kappa shape index (κ3) is 5.50. The van der Waals surface area contributed by atoms with Gasteiger partial charge in [0.1, 0.15) is 5.75 Å². The van der Waals surface area contributed by atoms with Crippen molar-refractivity contribution in [2.75, 3.05) is 52.4 Å². The van der Waals surface area contributed by atoms with Crippen molar-refractivity contribution in [3.05, 3.63) is 29.3 Å². The van der Waals surface area contributed by atoms with Gasteiger partial charge in [-0.1, -0.05) is 13.8 Å². The molecule has 2 saturated heterocycles. The van der Waals surface area contributed by atoms with Crippen LogP contribution in [-0.4, -0.2) is 78.9 Å². The molecule has 6 nitrogen and oxygen atoms in total. The van der Waals surface area contributed by atoms with Crippen LogP contribution in [0.25, 0.3) is 0 Å². The van der Waals surface area contributed by atoms with Crippen molar-refractivity contribution in [1.82, 2.24) is 14.7 Å². The van der Waals surface area contributed by atoms with Crippen LogP contribution in [0.15, 0.2) is 18.2 Å². The zero-order valence-electron chi connectivity index (χ0n) is 18.3. The lowest BCUT2D eigenvalue weighted by molar-refractivity contribution is -0.135. The van der Waals surface area contributed by atoms with Crippen LogP contribution in [0, 0.1) is 18.8 Å². The molecule has 1 aromatic rings. The molecule has 0 N–H and O–H groups in total. The first-order valence-electron chi connectivity index (χ1n) is 10.9. The largest absolute Gasteiger partial charge is 0.494 e. The van der Waals surface area contributed by atoms with Gasteiger partial charge in [0.15, 0.2) is 0 Å². The second-order valence-electron chi connectivity index (χ2n) is 8.73. The van der Waals surface area contributed by atoms with Gasteiger partial charge in [-0.2, -0.15) is 0 Å². The molecule has 2 unspecified atom stereocenters. The summed E-state index contributed by atoms with van der Waals surface area (Å²) in [6.07, 6.45) is 1.20. The Hall–Kier alpha value is -2.08. The number of hydrogen-bond acceptors (Lipinski definition) is 4. The molecule has 3 rings (SSSR count). The summed E-state index contributed by atoms with van der Waals surface area (Å²) in [5.74, 6) is 2.27. The Labute approximate surface area is 174 Å². The molecule has 0 spiro atoms. The lowest BCUT2D eigenvalue weighted by atomic mass is 9.92. The number of piperazine rings is 1. The second-order valence-corrected chi connectivity index (χ2v) is 8.73. The van der Waals surface area contributed by atoms with Crippen molar-refractivity contribution in [2.24, 2.45) is 11.8 Å². The summed E-state index contributed by atoms with van der Waals surface area (Å²) in [5, 5.41) is 0. The molecule has 2 fully saturated rings. The number of carbonyl (C=O) groups excluding carboxylic acids is 2. The Morgan fingerprint density at radius 3 is 2.28 bits per heavy atom. The normalized spacial score (nSPS) is 23.2. The first-order chi connectivity index (χ1) is 13.9. The smallest absolute Gasteiger partial charge is 0.253 e. The molecule has 6 heteroatoms. The van der Waals surface area contributed by atoms with Gasteiger partial charge in [0, 0.05) is 44.8 Å². The molecule has 2 aliphatic rings. The SMILES string of the molecule is CCOc1ccc(C(=O)N2CCN(CC(=O)N3CC(C)CC(C)C3)CC2)cc1C. The van der Waals surface area contributed by atoms with Gasteiger partial charge in [0.2, 0.25) is 5.91 Å². The number of carbonyl (C=O) groups is 2. The van der Waals surface area contributed by atoms with E-state index in [0.717, 1.165) is 37.5 Å². The van der Waals surface area contributed by atoms with Crippen LogP contribution in [0.3, 0.4) is 0 Å². The van der Waals surface area contributed by atoms with E-state index >= 15 is 0 Å². The number of rotatable bonds is 5. The van der Waals surface area contributed by atoms with E-state index in [1.165, 1.54) is 6.42 Å². The van der Waals surface area contributed by atoms with Crippen LogP contribution in [0.4, 0.5) is 0 Å². The predicted molar refractivity (Wildman–Crippen MR) is 114 cm³/mol. The highest BCUT2D eigenvalue weighted by Gasteiger charge is 2.28. The third-order valence-corrected chi connectivity index (χ3v) is 5.96. The van der Waals surface area contributed by atoms with E-state index in [-0.39, 0.29) is 11.8 Å². The molecule has 0 aromatic heterocycles. The van der Waals surface area contributed by atoms with E-state index in [1.54, 1.807) is 0 Å². The molecule has 0 bridgehead atoms. The fourth-order valence-corrected chi connectivity index (χ4v) is 4.55. The van der Waals surface area contributed by atoms with Crippen molar-refractivity contribution in [3.8, 4) is 5.75 Å². The standard InChI is InChI=1S/C23H35N3O3/c1-5-29-21-7-6-20(13-19(21)4)23(28)25-10-8-24(9-11-25)16-22(27)26-14-17(2)12-18(3)15-26/h6-7,13,17-18H,5,8-12,14-16H2,1-4H3. The number of benzene rings is 1. The number of amides is 2. The minimum absolute atomic E-state index is 0.0563. The highest BCUT2D eigenvalue weighted by atomic mass is 16.5. The Bertz CT molecular complexity index is 718. The van der Waals surface area contributed by atoms with Crippen molar-refractivity contribution in [1.29, 1.82) is 0 Å². The summed E-state index contributed by atoms with van der Waals surface area (Å²) in [7, 11) is 0. The molecule has 2 atom stereocenters. The number of likely N-dealkylation sites (tertiary alicyclic amines) is 1. The fraction of sp³-hybridized carbons (Fsp3) is 0.652. The maximum Gasteiger partial charge on any atom is 0.253 e. The average molecular weight is 402 g/mol. The van der Waals surface area contributed by atoms with Crippen LogP contribution in [0.1, 0.15) is 43.1 Å². The summed E-state index contributed by atoms with van der Waals surface area (Å²) in [6.45, 7) is 14.0. The zero-order chi connectivity index (χ0) is 21.0. The maximum atomic E-state index is 12.9. The quantitative estimate of drug-likeness (QED) is 0.761. The average Bonchev–Trinajstić information content (AvgIpc) is 2.69. The highest BCUT2D eigenvalue weighted by Crippen LogP contribution is 2.22. The molecule has 2 aliphatic heterocycles. The predicted octanol–water partition coefficient (Wildman–Crippen LogP) is 2.66. The van der Waals surface area contributed by atoms with Crippen LogP contribution in [0.2, 0.25) is 0 Å². The van der Waals surface area contributed by atoms with Crippen LogP contribution >= 0.6 is 0 Å². The van der Waals surface area contributed by atoms with Gasteiger partial charge in [-0.25, -0.2) is 0 Å². The van der Waals surface area contributed by atoms with E-state index in [0.29, 0.717) is 43.6 Å². The molecule has 0 saturated carbocycles. The topological polar surface area (TPSA) is 53.1 Å². The van der Waals surface area contributed by atoms with Crippen LogP contribution in [-0.2, 0) is 4.79 Å². The Morgan fingerprint density at radius 1 is 1.03 bits per heavy atom. The summed E-state index contributed by atoms with van der Waals surface area (Å²) in [4.78, 5) is 31.7. The molecule has 160 valence electrons. The Morgan fingerprint density at radius 2 is 1.69 bits per heavy atom. The summed E-state index contributed by atoms with van der Waals surface area (Å²) in [6, 6.07) is 5.62. The van der Waals surface area contributed by atoms with Crippen molar-refractivity contribution in [2.45, 2.75) is 34.1 Å². The molecule has 2 heterocycles. The molecule has 2 amide bonds. The third-order valence-electron chi connectivity index (χ3n) is 5.96. The van der Waals surface area contributed by atoms with Crippen LogP contribution < -0.4 is 4.74 Å². The molecule has 1 aromatic carbocycles. The van der Waals surface area contributed by atoms with Crippen molar-refractivity contribution >= 4 is 11.8 Å². The summed E-state index contributed by atoms with van der Waals surface area (Å²) in [5.41, 5.74) is 1.68. The van der Waals surface area contributed by atoms with Gasteiger partial charge in [-0.05, 0) is 55.9 Å². The van der Waals surface area contributed by atoms with Gasteiger partial charge >= 0.3 is 0 Å². The van der Waals surface area contributed by atoms with Gasteiger partial charge in [-0.15, -0.1) is 0 Å². The van der Waals surface area contributed by atoms with E-state index < -0.39 is 0 Å². The van der Waals surface area contributed by atoms with E-state index in [4.69, 9.17) is 4.74 Å². The number of ether oxygens (including phenoxy) is 1. The first kappa shape index (κ1) is 21.6. The second kappa shape index (κ2) is 9.61. The Balaban J connectivity index is 1.50. The number of aryl methyl sites for hydroxylation is 1. The molecule has 0 radical (unpaired) electrons. The van der Waals surface area contributed by atoms with Gasteiger partial charge < -0.3 is 14.5 Å². The van der Waals surface area contributed by atoms with Crippen molar-refractivity contribution < 1.29 is 14.3 Å². The lowest BCUT2D eigenvalue weighted by Gasteiger charge is -2.38. The molecule has 29 heavy (non-hydrogen) atoms. The van der Waals surface area contributed by atoms with Gasteiger partial charge in [0.25, 0.3) is 5.91 Å². The molecular formula is C23H35N3O3. The highest BCUT2D eigenvalue weighted by molar-refractivity contribution is 5.94. The summed E-state index contributed by atoms with van der Waals surface area (Å²) >= 11 is 0. The number of nitrogens with zero attached hydrogens (tertiary/aromatic N) is 3.